The maximum atomic E-state index is 13.4. The van der Waals surface area contributed by atoms with Crippen LogP contribution in [0.5, 0.6) is 0 Å². The van der Waals surface area contributed by atoms with Crippen molar-refractivity contribution >= 4 is 11.9 Å². The van der Waals surface area contributed by atoms with Gasteiger partial charge in [-0.05, 0) is 68.7 Å². The number of piperidine rings is 2. The molecular weight excluding hydrogens is 404 g/mol. The van der Waals surface area contributed by atoms with E-state index in [1.54, 1.807) is 6.92 Å². The fourth-order valence-corrected chi connectivity index (χ4v) is 6.00. The summed E-state index contributed by atoms with van der Waals surface area (Å²) in [5.74, 6) is -0.885. The maximum absolute atomic E-state index is 13.4. The van der Waals surface area contributed by atoms with Crippen LogP contribution in [0.4, 0.5) is 0 Å². The third-order valence-corrected chi connectivity index (χ3v) is 6.78. The first kappa shape index (κ1) is 27.1. The highest BCUT2D eigenvalue weighted by atomic mass is 16.6. The number of carbonyl (C=O) groups excluding carboxylic acids is 2. The molecule has 2 N–H and O–H groups in total. The van der Waals surface area contributed by atoms with Gasteiger partial charge < -0.3 is 20.1 Å². The molecule has 0 atom stereocenters. The Bertz CT molecular complexity index is 612. The van der Waals surface area contributed by atoms with Gasteiger partial charge >= 0.3 is 11.9 Å². The Morgan fingerprint density at radius 3 is 1.34 bits per heavy atom. The van der Waals surface area contributed by atoms with Gasteiger partial charge in [0.2, 0.25) is 0 Å². The highest BCUT2D eigenvalue weighted by Crippen LogP contribution is 2.36. The Hall–Kier alpha value is -1.14. The molecule has 2 heterocycles. The summed E-state index contributed by atoms with van der Waals surface area (Å²) in [6.07, 6.45) is 4.55. The summed E-state index contributed by atoms with van der Waals surface area (Å²) < 4.78 is 12.0. The van der Waals surface area contributed by atoms with Crippen molar-refractivity contribution in [2.75, 3.05) is 0 Å². The second-order valence-corrected chi connectivity index (χ2v) is 13.1. The summed E-state index contributed by atoms with van der Waals surface area (Å²) in [4.78, 5) is 26.9. The first-order valence-corrected chi connectivity index (χ1v) is 12.4. The second kappa shape index (κ2) is 9.25. The molecule has 2 rings (SSSR count). The van der Waals surface area contributed by atoms with Gasteiger partial charge in [-0.2, -0.15) is 0 Å². The molecule has 2 saturated heterocycles. The lowest BCUT2D eigenvalue weighted by molar-refractivity contribution is -0.182. The topological polar surface area (TPSA) is 76.7 Å². The molecule has 186 valence electrons. The average Bonchev–Trinajstić information content (AvgIpc) is 2.53. The van der Waals surface area contributed by atoms with Crippen molar-refractivity contribution < 1.29 is 19.1 Å². The molecule has 0 aromatic rings. The van der Waals surface area contributed by atoms with Gasteiger partial charge in [-0.1, -0.05) is 19.8 Å². The minimum Gasteiger partial charge on any atom is -0.461 e. The fraction of sp³-hybridized carbons (Fsp3) is 0.923. The normalized spacial score (nSPS) is 25.2. The van der Waals surface area contributed by atoms with Gasteiger partial charge in [0.1, 0.15) is 12.2 Å². The summed E-state index contributed by atoms with van der Waals surface area (Å²) in [5.41, 5.74) is -1.84. The molecule has 6 nitrogen and oxygen atoms in total. The first-order chi connectivity index (χ1) is 14.4. The van der Waals surface area contributed by atoms with Gasteiger partial charge in [0, 0.05) is 47.8 Å². The van der Waals surface area contributed by atoms with E-state index in [1.165, 1.54) is 0 Å². The van der Waals surface area contributed by atoms with Crippen molar-refractivity contribution in [1.29, 1.82) is 0 Å². The zero-order valence-corrected chi connectivity index (χ0v) is 22.2. The van der Waals surface area contributed by atoms with Crippen molar-refractivity contribution in [3.63, 3.8) is 0 Å². The summed E-state index contributed by atoms with van der Waals surface area (Å²) in [6.45, 7) is 20.8. The molecule has 0 bridgehead atoms. The van der Waals surface area contributed by atoms with Crippen LogP contribution in [0, 0.1) is 5.41 Å². The van der Waals surface area contributed by atoms with Crippen molar-refractivity contribution in [3.05, 3.63) is 0 Å². The van der Waals surface area contributed by atoms with E-state index in [2.05, 4.69) is 72.9 Å². The van der Waals surface area contributed by atoms with Crippen LogP contribution in [0.15, 0.2) is 0 Å². The highest BCUT2D eigenvalue weighted by Gasteiger charge is 2.49. The van der Waals surface area contributed by atoms with Crippen molar-refractivity contribution in [1.82, 2.24) is 10.6 Å². The predicted molar refractivity (Wildman–Crippen MR) is 128 cm³/mol. The van der Waals surface area contributed by atoms with Crippen molar-refractivity contribution in [3.8, 4) is 0 Å². The van der Waals surface area contributed by atoms with E-state index in [9.17, 15) is 9.59 Å². The Labute approximate surface area is 196 Å². The number of hydrogen-bond donors (Lipinski definition) is 2. The molecule has 0 aliphatic carbocycles. The monoisotopic (exact) mass is 452 g/mol. The smallest absolute Gasteiger partial charge is 0.323 e. The Morgan fingerprint density at radius 1 is 0.750 bits per heavy atom. The second-order valence-electron chi connectivity index (χ2n) is 13.1. The Balaban J connectivity index is 2.17. The summed E-state index contributed by atoms with van der Waals surface area (Å²) in [5, 5.41) is 7.22. The average molecular weight is 453 g/mol. The maximum Gasteiger partial charge on any atom is 0.323 e. The zero-order valence-electron chi connectivity index (χ0n) is 22.2. The van der Waals surface area contributed by atoms with Gasteiger partial charge in [0.05, 0.1) is 0 Å². The van der Waals surface area contributed by atoms with Gasteiger partial charge in [0.25, 0.3) is 0 Å². The summed E-state index contributed by atoms with van der Waals surface area (Å²) in [7, 11) is 0. The molecule has 2 aliphatic heterocycles. The van der Waals surface area contributed by atoms with Gasteiger partial charge in [-0.25, -0.2) is 0 Å². The molecule has 0 amide bonds. The molecule has 6 heteroatoms. The lowest BCUT2D eigenvalue weighted by Gasteiger charge is -2.47. The van der Waals surface area contributed by atoms with E-state index in [-0.39, 0.29) is 34.4 Å². The molecule has 0 aromatic heterocycles. The van der Waals surface area contributed by atoms with Crippen LogP contribution in [0.1, 0.15) is 114 Å². The number of nitrogens with one attached hydrogen (secondary N) is 2. The van der Waals surface area contributed by atoms with Crippen LogP contribution >= 0.6 is 0 Å². The number of carbonyl (C=O) groups is 2. The molecule has 0 aromatic carbocycles. The van der Waals surface area contributed by atoms with E-state index in [1.807, 2.05) is 0 Å². The third-order valence-electron chi connectivity index (χ3n) is 6.78. The number of hydrogen-bond acceptors (Lipinski definition) is 6. The molecule has 32 heavy (non-hydrogen) atoms. The van der Waals surface area contributed by atoms with Gasteiger partial charge in [-0.3, -0.25) is 9.59 Å². The summed E-state index contributed by atoms with van der Waals surface area (Å²) >= 11 is 0. The Morgan fingerprint density at radius 2 is 1.06 bits per heavy atom. The van der Waals surface area contributed by atoms with E-state index in [0.29, 0.717) is 6.42 Å². The molecule has 0 saturated carbocycles. The van der Waals surface area contributed by atoms with Crippen LogP contribution in [-0.2, 0) is 19.1 Å². The number of rotatable bonds is 7. The minimum atomic E-state index is -1.28. The quantitative estimate of drug-likeness (QED) is 0.423. The van der Waals surface area contributed by atoms with Crippen LogP contribution in [-0.4, -0.2) is 46.3 Å². The van der Waals surface area contributed by atoms with E-state index in [0.717, 1.165) is 38.5 Å². The number of ether oxygens (including phenoxy) is 2. The van der Waals surface area contributed by atoms with E-state index < -0.39 is 17.4 Å². The Kier molecular flexibility index (Phi) is 7.83. The minimum absolute atomic E-state index is 0.140. The highest BCUT2D eigenvalue weighted by molar-refractivity contribution is 5.99. The molecule has 0 radical (unpaired) electrons. The lowest BCUT2D eigenvalue weighted by Crippen LogP contribution is -2.60. The van der Waals surface area contributed by atoms with Crippen LogP contribution in [0.25, 0.3) is 0 Å². The van der Waals surface area contributed by atoms with Crippen molar-refractivity contribution in [2.24, 2.45) is 5.41 Å². The molecular formula is C26H48N2O4. The third kappa shape index (κ3) is 7.18. The fourth-order valence-electron chi connectivity index (χ4n) is 6.00. The number of esters is 2. The van der Waals surface area contributed by atoms with E-state index in [4.69, 9.17) is 9.47 Å². The standard InChI is InChI=1S/C26H48N2O4/c1-11-12-13-26(10,20(29)31-18-14-22(2,3)27-23(4,5)15-18)21(30)32-19-16-24(6,7)28-25(8,9)17-19/h18-19,27-28H,11-17H2,1-10H3. The lowest BCUT2D eigenvalue weighted by atomic mass is 9.79. The molecule has 0 unspecified atom stereocenters. The number of unbranched alkanes of at least 4 members (excludes halogenated alkanes) is 1. The zero-order chi connectivity index (χ0) is 24.6. The molecule has 2 fully saturated rings. The van der Waals surface area contributed by atoms with Gasteiger partial charge in [0.15, 0.2) is 5.41 Å². The first-order valence-electron chi connectivity index (χ1n) is 12.4. The van der Waals surface area contributed by atoms with Gasteiger partial charge in [-0.15, -0.1) is 0 Å². The predicted octanol–water partition coefficient (Wildman–Crippen LogP) is 4.89. The molecule has 2 aliphatic rings. The van der Waals surface area contributed by atoms with Crippen LogP contribution < -0.4 is 10.6 Å². The largest absolute Gasteiger partial charge is 0.461 e. The van der Waals surface area contributed by atoms with Crippen LogP contribution in [0.2, 0.25) is 0 Å². The SMILES string of the molecule is CCCCC(C)(C(=O)OC1CC(C)(C)NC(C)(C)C1)C(=O)OC1CC(C)(C)NC(C)(C)C1. The van der Waals surface area contributed by atoms with E-state index >= 15 is 0 Å². The summed E-state index contributed by atoms with van der Waals surface area (Å²) in [6, 6.07) is 0. The van der Waals surface area contributed by atoms with Crippen molar-refractivity contribution in [2.45, 2.75) is 149 Å². The molecule has 0 spiro atoms. The van der Waals surface area contributed by atoms with Crippen LogP contribution in [0.3, 0.4) is 0 Å².